The highest BCUT2D eigenvalue weighted by atomic mass is 32.2. The number of esters is 3. The first-order chi connectivity index (χ1) is 11.8. The van der Waals surface area contributed by atoms with Crippen LogP contribution >= 0.6 is 0 Å². The first-order valence-electron chi connectivity index (χ1n) is 6.55. The smallest absolute Gasteiger partial charge is 0.448 e. The SMILES string of the molecule is C=C(C)C(=O)Oc1ccc(OC(=O)COC(=O)C(F)(F)S(=O)(=O)O)cc1. The molecule has 1 rings (SSSR count). The molecule has 0 spiro atoms. The van der Waals surface area contributed by atoms with E-state index in [1.54, 1.807) is 0 Å². The summed E-state index contributed by atoms with van der Waals surface area (Å²) in [5, 5.41) is -5.22. The van der Waals surface area contributed by atoms with Crippen molar-refractivity contribution in [3.05, 3.63) is 36.4 Å². The molecule has 0 atom stereocenters. The van der Waals surface area contributed by atoms with Gasteiger partial charge >= 0.3 is 33.3 Å². The molecule has 0 saturated carbocycles. The Balaban J connectivity index is 2.60. The Kier molecular flexibility index (Phi) is 6.53. The van der Waals surface area contributed by atoms with Crippen LogP contribution in [0.4, 0.5) is 8.78 Å². The van der Waals surface area contributed by atoms with Crippen LogP contribution in [-0.4, -0.2) is 42.7 Å². The molecule has 26 heavy (non-hydrogen) atoms. The molecule has 0 aromatic heterocycles. The van der Waals surface area contributed by atoms with E-state index in [1.165, 1.54) is 31.2 Å². The lowest BCUT2D eigenvalue weighted by Gasteiger charge is -2.11. The minimum atomic E-state index is -6.04. The largest absolute Gasteiger partial charge is 0.465 e. The number of hydrogen-bond acceptors (Lipinski definition) is 8. The van der Waals surface area contributed by atoms with E-state index in [4.69, 9.17) is 9.29 Å². The Morgan fingerprint density at radius 2 is 1.58 bits per heavy atom. The van der Waals surface area contributed by atoms with Crippen LogP contribution in [0.15, 0.2) is 36.4 Å². The molecule has 1 aromatic rings. The molecule has 0 aliphatic rings. The zero-order chi connectivity index (χ0) is 20.1. The van der Waals surface area contributed by atoms with Gasteiger partial charge in [-0.15, -0.1) is 0 Å². The molecular weight excluding hydrogens is 382 g/mol. The highest BCUT2D eigenvalue weighted by molar-refractivity contribution is 7.87. The zero-order valence-electron chi connectivity index (χ0n) is 13.1. The zero-order valence-corrected chi connectivity index (χ0v) is 13.9. The van der Waals surface area contributed by atoms with Crippen LogP contribution in [0.3, 0.4) is 0 Å². The number of carbonyl (C=O) groups excluding carboxylic acids is 3. The molecule has 12 heteroatoms. The van der Waals surface area contributed by atoms with E-state index in [0.29, 0.717) is 0 Å². The maximum absolute atomic E-state index is 12.9. The molecule has 1 N–H and O–H groups in total. The van der Waals surface area contributed by atoms with Crippen LogP contribution in [0.25, 0.3) is 0 Å². The molecular formula is C14H12F2O9S. The summed E-state index contributed by atoms with van der Waals surface area (Å²) in [7, 11) is -6.04. The molecule has 0 aliphatic heterocycles. The third-order valence-electron chi connectivity index (χ3n) is 2.50. The van der Waals surface area contributed by atoms with Gasteiger partial charge in [0.2, 0.25) is 0 Å². The Morgan fingerprint density at radius 3 is 2.00 bits per heavy atom. The number of hydrogen-bond donors (Lipinski definition) is 1. The molecule has 1 aromatic carbocycles. The van der Waals surface area contributed by atoms with Gasteiger partial charge in [0.1, 0.15) is 11.5 Å². The average Bonchev–Trinajstić information content (AvgIpc) is 2.53. The predicted octanol–water partition coefficient (Wildman–Crippen LogP) is 1.10. The van der Waals surface area contributed by atoms with E-state index < -0.39 is 39.9 Å². The number of carbonyl (C=O) groups is 3. The lowest BCUT2D eigenvalue weighted by atomic mass is 10.3. The monoisotopic (exact) mass is 394 g/mol. The number of rotatable bonds is 7. The quantitative estimate of drug-likeness (QED) is 0.312. The third-order valence-corrected chi connectivity index (χ3v) is 3.31. The van der Waals surface area contributed by atoms with Crippen molar-refractivity contribution >= 4 is 28.0 Å². The van der Waals surface area contributed by atoms with Gasteiger partial charge in [0.05, 0.1) is 0 Å². The van der Waals surface area contributed by atoms with Crippen molar-refractivity contribution in [2.45, 2.75) is 12.2 Å². The Morgan fingerprint density at radius 1 is 1.12 bits per heavy atom. The minimum Gasteiger partial charge on any atom is -0.448 e. The summed E-state index contributed by atoms with van der Waals surface area (Å²) in [5.74, 6) is -4.63. The van der Waals surface area contributed by atoms with Crippen molar-refractivity contribution in [1.82, 2.24) is 0 Å². The summed E-state index contributed by atoms with van der Waals surface area (Å²) in [6.07, 6.45) is 0. The molecule has 0 fully saturated rings. The number of ether oxygens (including phenoxy) is 3. The lowest BCUT2D eigenvalue weighted by Crippen LogP contribution is -2.40. The number of alkyl halides is 2. The van der Waals surface area contributed by atoms with Gasteiger partial charge in [-0.05, 0) is 31.2 Å². The topological polar surface area (TPSA) is 133 Å². The molecule has 9 nitrogen and oxygen atoms in total. The fourth-order valence-electron chi connectivity index (χ4n) is 1.24. The second-order valence-corrected chi connectivity index (χ2v) is 6.15. The first-order valence-corrected chi connectivity index (χ1v) is 7.99. The predicted molar refractivity (Wildman–Crippen MR) is 80.0 cm³/mol. The van der Waals surface area contributed by atoms with Gasteiger partial charge < -0.3 is 14.2 Å². The first kappa shape index (κ1) is 21.2. The minimum absolute atomic E-state index is 0.108. The van der Waals surface area contributed by atoms with E-state index in [1.807, 2.05) is 0 Å². The Bertz CT molecular complexity index is 828. The van der Waals surface area contributed by atoms with Crippen molar-refractivity contribution in [3.63, 3.8) is 0 Å². The molecule has 0 aliphatic carbocycles. The van der Waals surface area contributed by atoms with E-state index in [-0.39, 0.29) is 17.1 Å². The summed E-state index contributed by atoms with van der Waals surface area (Å²) >= 11 is 0. The molecule has 0 bridgehead atoms. The van der Waals surface area contributed by atoms with E-state index in [2.05, 4.69) is 16.1 Å². The van der Waals surface area contributed by atoms with Crippen LogP contribution in [0.1, 0.15) is 6.92 Å². The normalized spacial score (nSPS) is 11.4. The van der Waals surface area contributed by atoms with Crippen LogP contribution in [0.2, 0.25) is 0 Å². The maximum atomic E-state index is 12.9. The maximum Gasteiger partial charge on any atom is 0.465 e. The molecule has 0 heterocycles. The molecule has 0 unspecified atom stereocenters. The summed E-state index contributed by atoms with van der Waals surface area (Å²) in [4.78, 5) is 33.6. The van der Waals surface area contributed by atoms with Gasteiger partial charge in [-0.1, -0.05) is 6.58 Å². The molecule has 142 valence electrons. The fraction of sp³-hybridized carbons (Fsp3) is 0.214. The van der Waals surface area contributed by atoms with E-state index >= 15 is 0 Å². The van der Waals surface area contributed by atoms with Crippen LogP contribution in [-0.2, 0) is 29.2 Å². The van der Waals surface area contributed by atoms with Crippen LogP contribution in [0.5, 0.6) is 11.5 Å². The molecule has 0 radical (unpaired) electrons. The second kappa shape index (κ2) is 8.01. The number of halogens is 2. The van der Waals surface area contributed by atoms with Crippen LogP contribution < -0.4 is 9.47 Å². The lowest BCUT2D eigenvalue weighted by molar-refractivity contribution is -0.166. The van der Waals surface area contributed by atoms with Crippen LogP contribution in [0, 0.1) is 0 Å². The van der Waals surface area contributed by atoms with Crippen molar-refractivity contribution in [2.75, 3.05) is 6.61 Å². The molecule has 0 amide bonds. The highest BCUT2D eigenvalue weighted by Crippen LogP contribution is 2.22. The Hall–Kier alpha value is -2.86. The van der Waals surface area contributed by atoms with Gasteiger partial charge in [-0.3, -0.25) is 4.55 Å². The van der Waals surface area contributed by atoms with E-state index in [9.17, 15) is 31.6 Å². The van der Waals surface area contributed by atoms with Gasteiger partial charge in [-0.25, -0.2) is 14.4 Å². The summed E-state index contributed by atoms with van der Waals surface area (Å²) in [6.45, 7) is 3.48. The average molecular weight is 394 g/mol. The second-order valence-electron chi connectivity index (χ2n) is 4.68. The Labute approximate surface area is 145 Å². The van der Waals surface area contributed by atoms with Gasteiger partial charge in [0.25, 0.3) is 0 Å². The van der Waals surface area contributed by atoms with Crippen molar-refractivity contribution < 1.29 is 50.3 Å². The van der Waals surface area contributed by atoms with Crippen molar-refractivity contribution in [2.24, 2.45) is 0 Å². The van der Waals surface area contributed by atoms with Gasteiger partial charge in [0.15, 0.2) is 6.61 Å². The third kappa shape index (κ3) is 5.60. The number of benzene rings is 1. The van der Waals surface area contributed by atoms with Crippen molar-refractivity contribution in [3.8, 4) is 11.5 Å². The summed E-state index contributed by atoms with van der Waals surface area (Å²) < 4.78 is 67.9. The molecule has 0 saturated heterocycles. The fourth-order valence-corrected chi connectivity index (χ4v) is 1.51. The van der Waals surface area contributed by atoms with Gasteiger partial charge in [0, 0.05) is 5.57 Å². The van der Waals surface area contributed by atoms with E-state index in [0.717, 1.165) is 0 Å². The summed E-state index contributed by atoms with van der Waals surface area (Å²) in [6, 6.07) is 4.88. The highest BCUT2D eigenvalue weighted by Gasteiger charge is 2.54. The summed E-state index contributed by atoms with van der Waals surface area (Å²) in [5.41, 5.74) is 0.156. The van der Waals surface area contributed by atoms with Gasteiger partial charge in [-0.2, -0.15) is 17.2 Å². The standard InChI is InChI=1S/C14H12F2O9S/c1-8(2)12(18)25-10-5-3-9(4-6-10)24-11(17)7-23-13(19)14(15,16)26(20,21)22/h3-6H,1,7H2,2H3,(H,20,21,22). The van der Waals surface area contributed by atoms with Crippen molar-refractivity contribution in [1.29, 1.82) is 0 Å².